The molecule has 1 aliphatic rings. The van der Waals surface area contributed by atoms with E-state index in [1.807, 2.05) is 84.9 Å². The number of fused-ring (bicyclic) bond motifs is 1. The normalized spacial score (nSPS) is 14.0. The highest BCUT2D eigenvalue weighted by molar-refractivity contribution is 5.96. The lowest BCUT2D eigenvalue weighted by Crippen LogP contribution is -2.56. The zero-order chi connectivity index (χ0) is 25.5. The Morgan fingerprint density at radius 2 is 1.71 bits per heavy atom. The third-order valence-corrected chi connectivity index (χ3v) is 6.06. The second kappa shape index (κ2) is 8.95. The molecule has 1 saturated carbocycles. The molecule has 0 saturated heterocycles. The summed E-state index contributed by atoms with van der Waals surface area (Å²) in [6.07, 6.45) is 3.90. The fraction of sp³-hybridized carbons (Fsp3) is 0.429. The highest BCUT2D eigenvalue weighted by Gasteiger charge is 2.30. The van der Waals surface area contributed by atoms with Crippen LogP contribution < -0.4 is 15.8 Å². The molecular formula is C28H35N5O2. The molecule has 35 heavy (non-hydrogen) atoms. The second-order valence-electron chi connectivity index (χ2n) is 11.4. The molecule has 0 bridgehead atoms. The molecule has 1 aromatic heterocycles. The van der Waals surface area contributed by atoms with Crippen molar-refractivity contribution in [3.8, 4) is 11.1 Å². The first-order valence-corrected chi connectivity index (χ1v) is 12.1. The standard InChI is InChI=1S/C28H35N5O2/c1-17-8-9-19(24(34)30-21-11-12-21)15-22(17)18-10-13-23-20(14-18)16-29-26(31-23)33(28(5,6)7)32-25(35)27(2,3)4/h8-10,13-16,21H,11-12H2,1-7H3,(H,30,34)(H,32,35). The first kappa shape index (κ1) is 24.6. The van der Waals surface area contributed by atoms with Crippen LogP contribution in [0, 0.1) is 12.3 Å². The largest absolute Gasteiger partial charge is 0.349 e. The smallest absolute Gasteiger partial charge is 0.251 e. The Labute approximate surface area is 207 Å². The van der Waals surface area contributed by atoms with Gasteiger partial charge in [-0.2, -0.15) is 0 Å². The van der Waals surface area contributed by atoms with E-state index in [1.165, 1.54) is 0 Å². The van der Waals surface area contributed by atoms with Crippen LogP contribution in [0.2, 0.25) is 0 Å². The molecule has 0 aliphatic heterocycles. The van der Waals surface area contributed by atoms with Crippen molar-refractivity contribution in [1.82, 2.24) is 20.7 Å². The lowest BCUT2D eigenvalue weighted by atomic mass is 9.96. The highest BCUT2D eigenvalue weighted by Crippen LogP contribution is 2.29. The molecule has 7 nitrogen and oxygen atoms in total. The van der Waals surface area contributed by atoms with Gasteiger partial charge in [0, 0.05) is 28.6 Å². The van der Waals surface area contributed by atoms with Crippen molar-refractivity contribution in [2.24, 2.45) is 5.41 Å². The average Bonchev–Trinajstić information content (AvgIpc) is 3.59. The molecule has 0 spiro atoms. The molecule has 184 valence electrons. The van der Waals surface area contributed by atoms with Crippen LogP contribution in [0.15, 0.2) is 42.6 Å². The Balaban J connectivity index is 1.66. The number of carbonyl (C=O) groups is 2. The van der Waals surface area contributed by atoms with E-state index in [-0.39, 0.29) is 11.8 Å². The van der Waals surface area contributed by atoms with Crippen LogP contribution in [-0.2, 0) is 4.79 Å². The molecule has 1 fully saturated rings. The van der Waals surface area contributed by atoms with E-state index < -0.39 is 11.0 Å². The topological polar surface area (TPSA) is 87.2 Å². The van der Waals surface area contributed by atoms with Gasteiger partial charge in [0.05, 0.1) is 11.1 Å². The highest BCUT2D eigenvalue weighted by atomic mass is 16.2. The minimum Gasteiger partial charge on any atom is -0.349 e. The third-order valence-electron chi connectivity index (χ3n) is 6.06. The van der Waals surface area contributed by atoms with Crippen molar-refractivity contribution < 1.29 is 9.59 Å². The van der Waals surface area contributed by atoms with Gasteiger partial charge in [0.15, 0.2) is 0 Å². The number of nitrogens with zero attached hydrogens (tertiary/aromatic N) is 3. The van der Waals surface area contributed by atoms with Crippen LogP contribution in [0.3, 0.4) is 0 Å². The molecule has 0 unspecified atom stereocenters. The van der Waals surface area contributed by atoms with Gasteiger partial charge in [0.1, 0.15) is 0 Å². The average molecular weight is 474 g/mol. The minimum absolute atomic E-state index is 0.0258. The van der Waals surface area contributed by atoms with E-state index in [1.54, 1.807) is 11.2 Å². The van der Waals surface area contributed by atoms with E-state index in [9.17, 15) is 9.59 Å². The SMILES string of the molecule is Cc1ccc(C(=O)NC2CC2)cc1-c1ccc2nc(N(NC(=O)C(C)(C)C)C(C)(C)C)ncc2c1. The monoisotopic (exact) mass is 473 g/mol. The predicted molar refractivity (Wildman–Crippen MR) is 140 cm³/mol. The van der Waals surface area contributed by atoms with Gasteiger partial charge in [-0.05, 0) is 81.5 Å². The van der Waals surface area contributed by atoms with Gasteiger partial charge in [-0.25, -0.2) is 15.0 Å². The summed E-state index contributed by atoms with van der Waals surface area (Å²) in [5.74, 6) is 0.305. The number of carbonyl (C=O) groups excluding carboxylic acids is 2. The number of aryl methyl sites for hydroxylation is 1. The minimum atomic E-state index is -0.544. The van der Waals surface area contributed by atoms with Crippen molar-refractivity contribution in [2.45, 2.75) is 72.9 Å². The Kier molecular flexibility index (Phi) is 6.30. The van der Waals surface area contributed by atoms with E-state index in [2.05, 4.69) is 15.7 Å². The molecule has 1 heterocycles. The second-order valence-corrected chi connectivity index (χ2v) is 11.4. The van der Waals surface area contributed by atoms with E-state index in [4.69, 9.17) is 4.98 Å². The first-order valence-electron chi connectivity index (χ1n) is 12.1. The van der Waals surface area contributed by atoms with Crippen LogP contribution in [0.4, 0.5) is 5.95 Å². The molecule has 2 amide bonds. The molecule has 3 aromatic rings. The maximum atomic E-state index is 12.7. The molecule has 2 aromatic carbocycles. The first-order chi connectivity index (χ1) is 16.3. The Morgan fingerprint density at radius 1 is 1.00 bits per heavy atom. The number of rotatable bonds is 5. The van der Waals surface area contributed by atoms with Gasteiger partial charge in [0.2, 0.25) is 11.9 Å². The molecule has 0 radical (unpaired) electrons. The zero-order valence-electron chi connectivity index (χ0n) is 21.7. The summed E-state index contributed by atoms with van der Waals surface area (Å²) in [5.41, 5.74) is 6.56. The number of hydrogen-bond donors (Lipinski definition) is 2. The Bertz CT molecular complexity index is 1280. The van der Waals surface area contributed by atoms with Crippen molar-refractivity contribution in [3.05, 3.63) is 53.7 Å². The zero-order valence-corrected chi connectivity index (χ0v) is 21.7. The van der Waals surface area contributed by atoms with Crippen LogP contribution in [0.1, 0.15) is 70.3 Å². The van der Waals surface area contributed by atoms with E-state index in [0.29, 0.717) is 17.6 Å². The predicted octanol–water partition coefficient (Wildman–Crippen LogP) is 5.18. The molecule has 7 heteroatoms. The van der Waals surface area contributed by atoms with Crippen molar-refractivity contribution in [2.75, 3.05) is 5.01 Å². The summed E-state index contributed by atoms with van der Waals surface area (Å²) >= 11 is 0. The summed E-state index contributed by atoms with van der Waals surface area (Å²) < 4.78 is 0. The molecular weight excluding hydrogens is 438 g/mol. The van der Waals surface area contributed by atoms with Crippen molar-refractivity contribution >= 4 is 28.7 Å². The maximum Gasteiger partial charge on any atom is 0.251 e. The maximum absolute atomic E-state index is 12.7. The van der Waals surface area contributed by atoms with Gasteiger partial charge in [-0.15, -0.1) is 0 Å². The van der Waals surface area contributed by atoms with Crippen LogP contribution in [-0.4, -0.2) is 33.4 Å². The number of benzene rings is 2. The number of amides is 2. The summed E-state index contributed by atoms with van der Waals surface area (Å²) in [6.45, 7) is 13.7. The summed E-state index contributed by atoms with van der Waals surface area (Å²) in [6, 6.07) is 12.1. The van der Waals surface area contributed by atoms with Gasteiger partial charge in [0.25, 0.3) is 5.91 Å². The van der Waals surface area contributed by atoms with Gasteiger partial charge in [-0.3, -0.25) is 15.0 Å². The lowest BCUT2D eigenvalue weighted by Gasteiger charge is -2.37. The lowest BCUT2D eigenvalue weighted by molar-refractivity contribution is -0.129. The summed E-state index contributed by atoms with van der Waals surface area (Å²) in [7, 11) is 0. The van der Waals surface area contributed by atoms with Crippen molar-refractivity contribution in [3.63, 3.8) is 0 Å². The number of nitrogens with one attached hydrogen (secondary N) is 2. The molecule has 0 atom stereocenters. The van der Waals surface area contributed by atoms with Gasteiger partial charge < -0.3 is 5.32 Å². The van der Waals surface area contributed by atoms with Crippen molar-refractivity contribution in [1.29, 1.82) is 0 Å². The third kappa shape index (κ3) is 5.61. The number of hydrazine groups is 1. The van der Waals surface area contributed by atoms with Crippen LogP contribution >= 0.6 is 0 Å². The Hall–Kier alpha value is -3.48. The number of anilines is 1. The molecule has 4 rings (SSSR count). The van der Waals surface area contributed by atoms with E-state index in [0.717, 1.165) is 40.4 Å². The quantitative estimate of drug-likeness (QED) is 0.499. The van der Waals surface area contributed by atoms with Gasteiger partial charge >= 0.3 is 0 Å². The van der Waals surface area contributed by atoms with Crippen LogP contribution in [0.5, 0.6) is 0 Å². The van der Waals surface area contributed by atoms with E-state index >= 15 is 0 Å². The van der Waals surface area contributed by atoms with Gasteiger partial charge in [-0.1, -0.05) is 32.9 Å². The fourth-order valence-electron chi connectivity index (χ4n) is 3.66. The molecule has 2 N–H and O–H groups in total. The summed E-state index contributed by atoms with van der Waals surface area (Å²) in [4.78, 5) is 34.6. The number of hydrogen-bond acceptors (Lipinski definition) is 5. The summed E-state index contributed by atoms with van der Waals surface area (Å²) in [5, 5.41) is 5.66. The molecule has 1 aliphatic carbocycles. The Morgan fingerprint density at radius 3 is 2.34 bits per heavy atom. The van der Waals surface area contributed by atoms with Crippen LogP contribution in [0.25, 0.3) is 22.0 Å². The fourth-order valence-corrected chi connectivity index (χ4v) is 3.66. The number of aromatic nitrogens is 2.